The van der Waals surface area contributed by atoms with E-state index in [-0.39, 0.29) is 24.2 Å². The zero-order valence-electron chi connectivity index (χ0n) is 15.7. The molecule has 0 unspecified atom stereocenters. The van der Waals surface area contributed by atoms with Gasteiger partial charge in [0.2, 0.25) is 11.8 Å². The molecule has 1 aliphatic rings. The molecule has 1 aliphatic heterocycles. The average molecular weight is 392 g/mol. The smallest absolute Gasteiger partial charge is 0.229 e. The Morgan fingerprint density at radius 2 is 2.00 bits per heavy atom. The van der Waals surface area contributed by atoms with Crippen molar-refractivity contribution in [1.29, 1.82) is 0 Å². The summed E-state index contributed by atoms with van der Waals surface area (Å²) >= 11 is 1.29. The Bertz CT molecular complexity index is 1030. The largest absolute Gasteiger partial charge is 0.326 e. The Labute approximate surface area is 167 Å². The van der Waals surface area contributed by atoms with Crippen molar-refractivity contribution < 1.29 is 9.59 Å². The number of rotatable bonds is 4. The topological polar surface area (TPSA) is 75.2 Å². The molecule has 2 aromatic carbocycles. The second-order valence-electron chi connectivity index (χ2n) is 7.00. The minimum atomic E-state index is -0.379. The van der Waals surface area contributed by atoms with Crippen molar-refractivity contribution in [2.75, 3.05) is 16.8 Å². The number of aromatic nitrogens is 2. The van der Waals surface area contributed by atoms with E-state index >= 15 is 0 Å². The third-order valence-electron chi connectivity index (χ3n) is 5.05. The van der Waals surface area contributed by atoms with Gasteiger partial charge in [0.15, 0.2) is 0 Å². The van der Waals surface area contributed by atoms with Crippen LogP contribution in [0.2, 0.25) is 0 Å². The van der Waals surface area contributed by atoms with E-state index < -0.39 is 0 Å². The molecule has 0 aliphatic carbocycles. The molecule has 4 rings (SSSR count). The molecule has 28 heavy (non-hydrogen) atoms. The van der Waals surface area contributed by atoms with Crippen LogP contribution in [0.15, 0.2) is 47.8 Å². The number of anilines is 2. The fourth-order valence-corrected chi connectivity index (χ4v) is 3.89. The second-order valence-corrected chi connectivity index (χ2v) is 7.61. The Hall–Kier alpha value is -3.06. The predicted molar refractivity (Wildman–Crippen MR) is 110 cm³/mol. The standard InChI is InChI=1S/C21H20N4O2S/c1-13-7-8-15(18-12-28-24-23-18)9-17(13)22-21(27)16-10-20(26)25(11-16)19-6-4-3-5-14(19)2/h3-9,12,16H,10-11H2,1-2H3,(H,22,27)/t16-/m1/s1. The summed E-state index contributed by atoms with van der Waals surface area (Å²) in [6.45, 7) is 4.31. The summed E-state index contributed by atoms with van der Waals surface area (Å²) in [6.07, 6.45) is 0.217. The van der Waals surface area contributed by atoms with Gasteiger partial charge >= 0.3 is 0 Å². The van der Waals surface area contributed by atoms with Gasteiger partial charge in [-0.25, -0.2) is 0 Å². The number of nitrogens with zero attached hydrogens (tertiary/aromatic N) is 3. The Morgan fingerprint density at radius 1 is 1.18 bits per heavy atom. The molecular weight excluding hydrogens is 372 g/mol. The molecule has 3 aromatic rings. The number of benzene rings is 2. The van der Waals surface area contributed by atoms with Crippen molar-refractivity contribution in [2.45, 2.75) is 20.3 Å². The quantitative estimate of drug-likeness (QED) is 0.733. The summed E-state index contributed by atoms with van der Waals surface area (Å²) in [5, 5.41) is 8.95. The Morgan fingerprint density at radius 3 is 2.75 bits per heavy atom. The lowest BCUT2D eigenvalue weighted by molar-refractivity contribution is -0.122. The molecule has 142 valence electrons. The lowest BCUT2D eigenvalue weighted by Crippen LogP contribution is -2.28. The van der Waals surface area contributed by atoms with Crippen molar-refractivity contribution in [3.63, 3.8) is 0 Å². The van der Waals surface area contributed by atoms with Gasteiger partial charge in [0.05, 0.1) is 5.92 Å². The first-order valence-corrected chi connectivity index (χ1v) is 9.91. The zero-order chi connectivity index (χ0) is 19.7. The van der Waals surface area contributed by atoms with Crippen molar-refractivity contribution in [3.05, 3.63) is 59.0 Å². The van der Waals surface area contributed by atoms with Gasteiger partial charge in [-0.15, -0.1) is 5.10 Å². The summed E-state index contributed by atoms with van der Waals surface area (Å²) in [6, 6.07) is 13.5. The molecule has 0 radical (unpaired) electrons. The number of aryl methyl sites for hydroxylation is 2. The highest BCUT2D eigenvalue weighted by atomic mass is 32.1. The van der Waals surface area contributed by atoms with E-state index in [1.54, 1.807) is 4.90 Å². The maximum absolute atomic E-state index is 12.9. The van der Waals surface area contributed by atoms with Crippen molar-refractivity contribution >= 4 is 34.7 Å². The SMILES string of the molecule is Cc1ccc(-c2csnn2)cc1NC(=O)[C@@H]1CC(=O)N(c2ccccc2C)C1. The monoisotopic (exact) mass is 392 g/mol. The van der Waals surface area contributed by atoms with Gasteiger partial charge in [0.1, 0.15) is 5.69 Å². The molecule has 1 N–H and O–H groups in total. The van der Waals surface area contributed by atoms with Gasteiger partial charge in [0.25, 0.3) is 0 Å². The highest BCUT2D eigenvalue weighted by Crippen LogP contribution is 2.30. The van der Waals surface area contributed by atoms with Gasteiger partial charge in [-0.3, -0.25) is 9.59 Å². The van der Waals surface area contributed by atoms with Gasteiger partial charge < -0.3 is 10.2 Å². The van der Waals surface area contributed by atoms with Gasteiger partial charge in [-0.05, 0) is 48.6 Å². The minimum Gasteiger partial charge on any atom is -0.326 e. The van der Waals surface area contributed by atoms with Gasteiger partial charge in [-0.2, -0.15) is 0 Å². The maximum Gasteiger partial charge on any atom is 0.229 e. The third-order valence-corrected chi connectivity index (χ3v) is 5.56. The Kier molecular flexibility index (Phi) is 4.92. The lowest BCUT2D eigenvalue weighted by Gasteiger charge is -2.19. The van der Waals surface area contributed by atoms with Crippen LogP contribution in [-0.2, 0) is 9.59 Å². The molecule has 1 atom stereocenters. The van der Waals surface area contributed by atoms with Crippen LogP contribution < -0.4 is 10.2 Å². The molecule has 2 amide bonds. The Balaban J connectivity index is 1.51. The van der Waals surface area contributed by atoms with Gasteiger partial charge in [0, 0.05) is 35.3 Å². The normalized spacial score (nSPS) is 16.4. The first-order valence-electron chi connectivity index (χ1n) is 9.08. The molecule has 1 aromatic heterocycles. The number of hydrogen-bond donors (Lipinski definition) is 1. The van der Waals surface area contributed by atoms with Crippen LogP contribution in [0.3, 0.4) is 0 Å². The first kappa shape index (κ1) is 18.3. The van der Waals surface area contributed by atoms with Crippen molar-refractivity contribution in [1.82, 2.24) is 9.59 Å². The summed E-state index contributed by atoms with van der Waals surface area (Å²) in [4.78, 5) is 27.1. The summed E-state index contributed by atoms with van der Waals surface area (Å²) in [5.74, 6) is -0.536. The van der Waals surface area contributed by atoms with E-state index in [0.717, 1.165) is 33.8 Å². The maximum atomic E-state index is 12.9. The van der Waals surface area contributed by atoms with Gasteiger partial charge in [-0.1, -0.05) is 34.8 Å². The molecule has 1 saturated heterocycles. The fraction of sp³-hybridized carbons (Fsp3) is 0.238. The molecular formula is C21H20N4O2S. The van der Waals surface area contributed by atoms with E-state index in [1.807, 2.05) is 61.7 Å². The van der Waals surface area contributed by atoms with Crippen LogP contribution in [0.1, 0.15) is 17.5 Å². The third kappa shape index (κ3) is 3.53. The molecule has 0 saturated carbocycles. The second kappa shape index (κ2) is 7.52. The van der Waals surface area contributed by atoms with Crippen molar-refractivity contribution in [2.24, 2.45) is 5.92 Å². The van der Waals surface area contributed by atoms with Crippen LogP contribution in [0.4, 0.5) is 11.4 Å². The van der Waals surface area contributed by atoms with Crippen LogP contribution >= 0.6 is 11.5 Å². The minimum absolute atomic E-state index is 0.0199. The summed E-state index contributed by atoms with van der Waals surface area (Å²) in [5.41, 5.74) is 5.27. The van der Waals surface area contributed by atoms with Crippen LogP contribution in [0.5, 0.6) is 0 Å². The van der Waals surface area contributed by atoms with Crippen LogP contribution in [0.25, 0.3) is 11.3 Å². The summed E-state index contributed by atoms with van der Waals surface area (Å²) < 4.78 is 3.89. The zero-order valence-corrected chi connectivity index (χ0v) is 16.5. The number of carbonyl (C=O) groups excluding carboxylic acids is 2. The van der Waals surface area contributed by atoms with E-state index in [1.165, 1.54) is 11.5 Å². The predicted octanol–water partition coefficient (Wildman–Crippen LogP) is 3.81. The van der Waals surface area contributed by atoms with E-state index in [9.17, 15) is 9.59 Å². The number of amides is 2. The van der Waals surface area contributed by atoms with E-state index in [0.29, 0.717) is 6.54 Å². The van der Waals surface area contributed by atoms with Crippen molar-refractivity contribution in [3.8, 4) is 11.3 Å². The summed E-state index contributed by atoms with van der Waals surface area (Å²) in [7, 11) is 0. The van der Waals surface area contributed by atoms with E-state index in [2.05, 4.69) is 14.9 Å². The van der Waals surface area contributed by atoms with E-state index in [4.69, 9.17) is 0 Å². The first-order chi connectivity index (χ1) is 13.5. The number of hydrogen-bond acceptors (Lipinski definition) is 5. The number of carbonyl (C=O) groups is 2. The average Bonchev–Trinajstić information content (AvgIpc) is 3.34. The molecule has 7 heteroatoms. The number of nitrogens with one attached hydrogen (secondary N) is 1. The highest BCUT2D eigenvalue weighted by Gasteiger charge is 2.35. The fourth-order valence-electron chi connectivity index (χ4n) is 3.42. The highest BCUT2D eigenvalue weighted by molar-refractivity contribution is 7.03. The van der Waals surface area contributed by atoms with Crippen LogP contribution in [0, 0.1) is 19.8 Å². The molecule has 1 fully saturated rings. The van der Waals surface area contributed by atoms with Crippen LogP contribution in [-0.4, -0.2) is 27.9 Å². The number of para-hydroxylation sites is 1. The lowest BCUT2D eigenvalue weighted by atomic mass is 10.1. The molecule has 0 bridgehead atoms. The molecule has 2 heterocycles. The molecule has 6 nitrogen and oxygen atoms in total. The molecule has 0 spiro atoms.